The predicted molar refractivity (Wildman–Crippen MR) is 123 cm³/mol. The minimum atomic E-state index is -4.56. The van der Waals surface area contributed by atoms with Crippen LogP contribution in [-0.2, 0) is 17.5 Å². The van der Waals surface area contributed by atoms with Crippen molar-refractivity contribution in [3.63, 3.8) is 0 Å². The molecular formula is C22H22F3N7OS. The lowest BCUT2D eigenvalue weighted by atomic mass is 10.2. The van der Waals surface area contributed by atoms with Crippen molar-refractivity contribution in [3.8, 4) is 11.5 Å². The van der Waals surface area contributed by atoms with Gasteiger partial charge in [0.25, 0.3) is 0 Å². The molecule has 3 aromatic heterocycles. The van der Waals surface area contributed by atoms with E-state index in [1.807, 2.05) is 43.0 Å². The van der Waals surface area contributed by atoms with Gasteiger partial charge in [-0.25, -0.2) is 9.97 Å². The van der Waals surface area contributed by atoms with Gasteiger partial charge in [-0.05, 0) is 32.0 Å². The molecule has 1 aliphatic rings. The van der Waals surface area contributed by atoms with Gasteiger partial charge < -0.3 is 14.8 Å². The number of aryl methyl sites for hydroxylation is 1. The van der Waals surface area contributed by atoms with E-state index in [1.54, 1.807) is 21.8 Å². The Balaban J connectivity index is 1.41. The van der Waals surface area contributed by atoms with Crippen LogP contribution in [0.5, 0.6) is 0 Å². The van der Waals surface area contributed by atoms with Gasteiger partial charge >= 0.3 is 6.18 Å². The summed E-state index contributed by atoms with van der Waals surface area (Å²) < 4.78 is 42.3. The van der Waals surface area contributed by atoms with Crippen LogP contribution in [0.2, 0.25) is 0 Å². The number of alkyl halides is 3. The van der Waals surface area contributed by atoms with E-state index in [0.717, 1.165) is 11.2 Å². The van der Waals surface area contributed by atoms with Crippen LogP contribution < -0.4 is 4.90 Å². The van der Waals surface area contributed by atoms with Gasteiger partial charge in [0.2, 0.25) is 10.9 Å². The average molecular weight is 490 g/mol. The number of aromatic amines is 1. The Morgan fingerprint density at radius 3 is 2.68 bits per heavy atom. The second kappa shape index (κ2) is 8.42. The molecule has 178 valence electrons. The van der Waals surface area contributed by atoms with Crippen LogP contribution in [0, 0.1) is 6.92 Å². The van der Waals surface area contributed by atoms with E-state index in [-0.39, 0.29) is 24.2 Å². The topological polar surface area (TPSA) is 82.9 Å². The molecule has 1 N–H and O–H groups in total. The molecule has 0 radical (unpaired) electrons. The Bertz CT molecular complexity index is 1310. The van der Waals surface area contributed by atoms with E-state index in [1.165, 1.54) is 0 Å². The maximum atomic E-state index is 13.6. The highest BCUT2D eigenvalue weighted by Crippen LogP contribution is 2.42. The van der Waals surface area contributed by atoms with E-state index in [2.05, 4.69) is 20.1 Å². The number of aromatic nitrogens is 5. The molecule has 1 fully saturated rings. The number of rotatable bonds is 4. The molecule has 0 aliphatic carbocycles. The summed E-state index contributed by atoms with van der Waals surface area (Å²) in [7, 11) is 0. The molecule has 1 amide bonds. The zero-order chi connectivity index (χ0) is 24.0. The van der Waals surface area contributed by atoms with Crippen LogP contribution in [0.15, 0.2) is 36.5 Å². The molecule has 1 unspecified atom stereocenters. The number of H-pyrrole nitrogens is 1. The van der Waals surface area contributed by atoms with Crippen molar-refractivity contribution in [1.82, 2.24) is 29.6 Å². The van der Waals surface area contributed by atoms with Gasteiger partial charge in [0.05, 0.1) is 16.7 Å². The van der Waals surface area contributed by atoms with Crippen LogP contribution in [0.3, 0.4) is 0 Å². The number of carbonyl (C=O) groups excluding carboxylic acids is 1. The van der Waals surface area contributed by atoms with E-state index in [9.17, 15) is 18.0 Å². The van der Waals surface area contributed by atoms with Gasteiger partial charge in [-0.1, -0.05) is 23.5 Å². The van der Waals surface area contributed by atoms with Crippen molar-refractivity contribution in [3.05, 3.63) is 47.2 Å². The van der Waals surface area contributed by atoms with Gasteiger partial charge in [-0.3, -0.25) is 9.48 Å². The van der Waals surface area contributed by atoms with Crippen molar-refractivity contribution in [2.45, 2.75) is 32.6 Å². The first-order valence-corrected chi connectivity index (χ1v) is 11.6. The fourth-order valence-electron chi connectivity index (χ4n) is 4.16. The Labute approximate surface area is 197 Å². The predicted octanol–water partition coefficient (Wildman–Crippen LogP) is 3.95. The van der Waals surface area contributed by atoms with Crippen LogP contribution in [-0.4, -0.2) is 61.2 Å². The number of imidazole rings is 1. The van der Waals surface area contributed by atoms with E-state index < -0.39 is 11.2 Å². The Morgan fingerprint density at radius 2 is 2.00 bits per heavy atom. The smallest absolute Gasteiger partial charge is 0.358 e. The minimum Gasteiger partial charge on any atom is -0.358 e. The van der Waals surface area contributed by atoms with Crippen LogP contribution >= 0.6 is 11.3 Å². The Kier molecular flexibility index (Phi) is 5.54. The summed E-state index contributed by atoms with van der Waals surface area (Å²) in [6.07, 6.45) is -2.81. The first-order chi connectivity index (χ1) is 16.2. The quantitative estimate of drug-likeness (QED) is 0.470. The summed E-state index contributed by atoms with van der Waals surface area (Å²) in [6.45, 7) is 5.04. The number of thiazole rings is 1. The normalized spacial score (nSPS) is 17.0. The molecule has 1 atom stereocenters. The number of piperazine rings is 1. The number of nitrogens with one attached hydrogen (secondary N) is 1. The highest BCUT2D eigenvalue weighted by Gasteiger charge is 2.39. The molecule has 0 spiro atoms. The number of anilines is 1. The van der Waals surface area contributed by atoms with Gasteiger partial charge in [-0.2, -0.15) is 18.3 Å². The number of fused-ring (bicyclic) bond motifs is 1. The number of benzene rings is 1. The number of carbonyl (C=O) groups is 1. The molecular weight excluding hydrogens is 467 g/mol. The third kappa shape index (κ3) is 4.25. The highest BCUT2D eigenvalue weighted by atomic mass is 32.1. The average Bonchev–Trinajstić information content (AvgIpc) is 3.50. The molecule has 0 saturated carbocycles. The van der Waals surface area contributed by atoms with Gasteiger partial charge in [0.1, 0.15) is 17.2 Å². The SMILES string of the molecule is Cc1ccn(CC(=O)N2CCN(c3sc(C(F)(F)F)nc3-c3nc4ccccc4[nH]3)CC2C)n1. The zero-order valence-corrected chi connectivity index (χ0v) is 19.3. The van der Waals surface area contributed by atoms with E-state index >= 15 is 0 Å². The third-order valence-corrected chi connectivity index (χ3v) is 6.93. The molecule has 1 saturated heterocycles. The maximum Gasteiger partial charge on any atom is 0.443 e. The van der Waals surface area contributed by atoms with Crippen LogP contribution in [0.4, 0.5) is 18.2 Å². The van der Waals surface area contributed by atoms with Crippen molar-refractivity contribution in [2.24, 2.45) is 0 Å². The number of amides is 1. The molecule has 4 aromatic rings. The molecule has 1 aliphatic heterocycles. The molecule has 5 rings (SSSR count). The summed E-state index contributed by atoms with van der Waals surface area (Å²) in [5, 5.41) is 3.74. The standard InChI is InChI=1S/C22H22F3N7OS/c1-13-7-8-31(29-13)12-17(33)32-10-9-30(11-14(32)2)20-18(28-21(34-20)22(23,24)25)19-26-15-5-3-4-6-16(15)27-19/h3-8,14H,9-12H2,1-2H3,(H,26,27). The fourth-order valence-corrected chi connectivity index (χ4v) is 5.13. The van der Waals surface area contributed by atoms with Crippen molar-refractivity contribution in [2.75, 3.05) is 24.5 Å². The summed E-state index contributed by atoms with van der Waals surface area (Å²) in [4.78, 5) is 27.9. The van der Waals surface area contributed by atoms with Crippen molar-refractivity contribution >= 4 is 33.3 Å². The van der Waals surface area contributed by atoms with Crippen LogP contribution in [0.1, 0.15) is 17.6 Å². The number of halogens is 3. The van der Waals surface area contributed by atoms with E-state index in [4.69, 9.17) is 0 Å². The van der Waals surface area contributed by atoms with Crippen LogP contribution in [0.25, 0.3) is 22.6 Å². The lowest BCUT2D eigenvalue weighted by Gasteiger charge is -2.40. The summed E-state index contributed by atoms with van der Waals surface area (Å²) in [5.74, 6) is 0.219. The molecule has 8 nitrogen and oxygen atoms in total. The highest BCUT2D eigenvalue weighted by molar-refractivity contribution is 7.16. The summed E-state index contributed by atoms with van der Waals surface area (Å²) in [5.41, 5.74) is 2.38. The van der Waals surface area contributed by atoms with Crippen molar-refractivity contribution in [1.29, 1.82) is 0 Å². The zero-order valence-electron chi connectivity index (χ0n) is 18.5. The minimum absolute atomic E-state index is 0.0759. The van der Waals surface area contributed by atoms with Crippen molar-refractivity contribution < 1.29 is 18.0 Å². The number of nitrogens with zero attached hydrogens (tertiary/aromatic N) is 6. The third-order valence-electron chi connectivity index (χ3n) is 5.77. The number of hydrogen-bond donors (Lipinski definition) is 1. The molecule has 4 heterocycles. The Hall–Kier alpha value is -3.41. The largest absolute Gasteiger partial charge is 0.443 e. The van der Waals surface area contributed by atoms with Gasteiger partial charge in [0, 0.05) is 31.9 Å². The summed E-state index contributed by atoms with van der Waals surface area (Å²) >= 11 is 0.607. The van der Waals surface area contributed by atoms with Gasteiger partial charge in [0.15, 0.2) is 5.82 Å². The molecule has 12 heteroatoms. The lowest BCUT2D eigenvalue weighted by molar-refractivity contribution is -0.137. The molecule has 0 bridgehead atoms. The van der Waals surface area contributed by atoms with Gasteiger partial charge in [-0.15, -0.1) is 0 Å². The molecule has 34 heavy (non-hydrogen) atoms. The molecule has 1 aromatic carbocycles. The second-order valence-electron chi connectivity index (χ2n) is 8.31. The van der Waals surface area contributed by atoms with E-state index in [0.29, 0.717) is 47.3 Å². The fraction of sp³-hybridized carbons (Fsp3) is 0.364. The Morgan fingerprint density at radius 1 is 1.21 bits per heavy atom. The number of hydrogen-bond acceptors (Lipinski definition) is 6. The first-order valence-electron chi connectivity index (χ1n) is 10.8. The summed E-state index contributed by atoms with van der Waals surface area (Å²) in [6, 6.07) is 8.89. The maximum absolute atomic E-state index is 13.6. The second-order valence-corrected chi connectivity index (χ2v) is 9.29. The number of para-hydroxylation sites is 2. The lowest BCUT2D eigenvalue weighted by Crippen LogP contribution is -2.54. The monoisotopic (exact) mass is 489 g/mol. The first kappa shape index (κ1) is 22.4.